The van der Waals surface area contributed by atoms with E-state index in [4.69, 9.17) is 9.47 Å². The lowest BCUT2D eigenvalue weighted by Gasteiger charge is -2.19. The van der Waals surface area contributed by atoms with Gasteiger partial charge in [0.25, 0.3) is 0 Å². The van der Waals surface area contributed by atoms with Crippen molar-refractivity contribution in [1.29, 1.82) is 0 Å². The number of aliphatic imine (C=N–C) groups is 1. The van der Waals surface area contributed by atoms with Gasteiger partial charge in [0, 0.05) is 57.0 Å². The van der Waals surface area contributed by atoms with E-state index in [2.05, 4.69) is 82.1 Å². The van der Waals surface area contributed by atoms with Crippen molar-refractivity contribution in [2.45, 2.75) is 26.4 Å². The molecule has 2 aliphatic heterocycles. The summed E-state index contributed by atoms with van der Waals surface area (Å²) in [5, 5.41) is 6.86. The molecule has 1 fully saturated rings. The van der Waals surface area contributed by atoms with Crippen LogP contribution in [0.25, 0.3) is 0 Å². The minimum Gasteiger partial charge on any atom is -0.493 e. The van der Waals surface area contributed by atoms with Gasteiger partial charge in [-0.25, -0.2) is 0 Å². The second kappa shape index (κ2) is 11.0. The van der Waals surface area contributed by atoms with Crippen LogP contribution in [0.15, 0.2) is 59.6 Å². The molecule has 0 amide bonds. The predicted molar refractivity (Wildman–Crippen MR) is 130 cm³/mol. The zero-order chi connectivity index (χ0) is 22.2. The van der Waals surface area contributed by atoms with Gasteiger partial charge in [0.05, 0.1) is 13.2 Å². The number of anilines is 1. The number of ether oxygens (including phenoxy) is 2. The maximum atomic E-state index is 6.17. The summed E-state index contributed by atoms with van der Waals surface area (Å²) in [5.41, 5.74) is 4.81. The molecule has 4 rings (SSSR count). The lowest BCUT2D eigenvalue weighted by atomic mass is 10.1. The van der Waals surface area contributed by atoms with Gasteiger partial charge in [-0.1, -0.05) is 36.4 Å². The Morgan fingerprint density at radius 1 is 1.12 bits per heavy atom. The minimum atomic E-state index is 0.484. The van der Waals surface area contributed by atoms with Gasteiger partial charge in [-0.05, 0) is 42.7 Å². The van der Waals surface area contributed by atoms with E-state index in [0.717, 1.165) is 50.0 Å². The minimum absolute atomic E-state index is 0.484. The topological polar surface area (TPSA) is 58.1 Å². The Bertz CT molecular complexity index is 943. The summed E-state index contributed by atoms with van der Waals surface area (Å²) in [6, 6.07) is 15.0. The average Bonchev–Trinajstić information content (AvgIpc) is 3.53. The largest absolute Gasteiger partial charge is 0.493 e. The van der Waals surface area contributed by atoms with Crippen LogP contribution in [0.1, 0.15) is 23.1 Å². The van der Waals surface area contributed by atoms with E-state index >= 15 is 0 Å². The number of aryl methyl sites for hydroxylation is 1. The van der Waals surface area contributed by atoms with Crippen molar-refractivity contribution in [3.8, 4) is 5.75 Å². The first-order chi connectivity index (χ1) is 15.7. The van der Waals surface area contributed by atoms with Crippen molar-refractivity contribution in [3.63, 3.8) is 0 Å². The van der Waals surface area contributed by atoms with Crippen LogP contribution in [-0.4, -0.2) is 45.9 Å². The maximum Gasteiger partial charge on any atom is 0.191 e. The molecule has 1 atom stereocenters. The monoisotopic (exact) mass is 434 g/mol. The number of benzene rings is 2. The van der Waals surface area contributed by atoms with Gasteiger partial charge in [-0.2, -0.15) is 0 Å². The standard InChI is InChI=1S/C26H34N4O2/c1-20-8-9-23(25(14-20)32-19-22-10-13-31-18-22)17-29-26(27-2)28-16-21-6-5-7-24(15-21)30-11-3-4-12-30/h3-9,14-15,22H,10-13,16-19H2,1-2H3,(H2,27,28,29). The molecular formula is C26H34N4O2. The van der Waals surface area contributed by atoms with Crippen molar-refractivity contribution in [3.05, 3.63) is 71.3 Å². The van der Waals surface area contributed by atoms with Crippen LogP contribution in [0, 0.1) is 12.8 Å². The van der Waals surface area contributed by atoms with Crippen LogP contribution in [0.4, 0.5) is 5.69 Å². The zero-order valence-corrected chi connectivity index (χ0v) is 19.1. The highest BCUT2D eigenvalue weighted by Crippen LogP contribution is 2.23. The van der Waals surface area contributed by atoms with Crippen LogP contribution >= 0.6 is 0 Å². The normalized spacial score (nSPS) is 18.2. The van der Waals surface area contributed by atoms with E-state index in [-0.39, 0.29) is 0 Å². The SMILES string of the molecule is CN=C(NCc1cccc(N2CC=CC2)c1)NCc1ccc(C)cc1OCC1CCOC1. The molecule has 170 valence electrons. The third-order valence-electron chi connectivity index (χ3n) is 5.95. The van der Waals surface area contributed by atoms with Crippen LogP contribution in [0.5, 0.6) is 5.75 Å². The van der Waals surface area contributed by atoms with Gasteiger partial charge < -0.3 is 25.0 Å². The van der Waals surface area contributed by atoms with Gasteiger partial charge in [0.2, 0.25) is 0 Å². The molecule has 32 heavy (non-hydrogen) atoms. The van der Waals surface area contributed by atoms with Gasteiger partial charge in [-0.15, -0.1) is 0 Å². The molecule has 0 radical (unpaired) electrons. The molecule has 2 aromatic carbocycles. The lowest BCUT2D eigenvalue weighted by molar-refractivity contribution is 0.166. The third-order valence-corrected chi connectivity index (χ3v) is 5.95. The summed E-state index contributed by atoms with van der Waals surface area (Å²) in [6.07, 6.45) is 5.49. The summed E-state index contributed by atoms with van der Waals surface area (Å²) in [4.78, 5) is 6.75. The molecule has 2 heterocycles. The molecule has 2 aromatic rings. The Labute approximate surface area is 191 Å². The van der Waals surface area contributed by atoms with Gasteiger partial charge in [0.15, 0.2) is 5.96 Å². The Hall–Kier alpha value is -2.99. The highest BCUT2D eigenvalue weighted by molar-refractivity contribution is 5.79. The van der Waals surface area contributed by atoms with Crippen LogP contribution < -0.4 is 20.3 Å². The molecule has 0 spiro atoms. The highest BCUT2D eigenvalue weighted by Gasteiger charge is 2.17. The van der Waals surface area contributed by atoms with Gasteiger partial charge in [0.1, 0.15) is 5.75 Å². The zero-order valence-electron chi connectivity index (χ0n) is 19.1. The maximum absolute atomic E-state index is 6.17. The molecule has 6 nitrogen and oxygen atoms in total. The molecular weight excluding hydrogens is 400 g/mol. The third kappa shape index (κ3) is 6.04. The molecule has 0 aromatic heterocycles. The molecule has 0 bridgehead atoms. The number of nitrogens with zero attached hydrogens (tertiary/aromatic N) is 2. The van der Waals surface area contributed by atoms with Crippen LogP contribution in [-0.2, 0) is 17.8 Å². The summed E-state index contributed by atoms with van der Waals surface area (Å²) < 4.78 is 11.6. The summed E-state index contributed by atoms with van der Waals surface area (Å²) in [7, 11) is 1.80. The lowest BCUT2D eigenvalue weighted by Crippen LogP contribution is -2.36. The van der Waals surface area contributed by atoms with E-state index in [1.165, 1.54) is 16.8 Å². The second-order valence-corrected chi connectivity index (χ2v) is 8.48. The Kier molecular flexibility index (Phi) is 7.67. The molecule has 6 heteroatoms. The number of guanidine groups is 1. The fraction of sp³-hybridized carbons (Fsp3) is 0.423. The Morgan fingerprint density at radius 3 is 2.75 bits per heavy atom. The first kappa shape index (κ1) is 22.2. The average molecular weight is 435 g/mol. The smallest absolute Gasteiger partial charge is 0.191 e. The quantitative estimate of drug-likeness (QED) is 0.377. The number of hydrogen-bond acceptors (Lipinski definition) is 4. The predicted octanol–water partition coefficient (Wildman–Crippen LogP) is 3.65. The second-order valence-electron chi connectivity index (χ2n) is 8.48. The van der Waals surface area contributed by atoms with Crippen LogP contribution in [0.2, 0.25) is 0 Å². The van der Waals surface area contributed by atoms with Crippen molar-refractivity contribution in [2.24, 2.45) is 10.9 Å². The van der Waals surface area contributed by atoms with E-state index in [9.17, 15) is 0 Å². The Morgan fingerprint density at radius 2 is 1.97 bits per heavy atom. The molecule has 0 saturated carbocycles. The van der Waals surface area contributed by atoms with Crippen molar-refractivity contribution >= 4 is 11.6 Å². The number of nitrogens with one attached hydrogen (secondary N) is 2. The summed E-state index contributed by atoms with van der Waals surface area (Å²) in [5.74, 6) is 2.19. The number of rotatable bonds is 8. The van der Waals surface area contributed by atoms with Gasteiger partial charge in [-0.3, -0.25) is 4.99 Å². The van der Waals surface area contributed by atoms with E-state index in [1.807, 2.05) is 0 Å². The first-order valence-corrected chi connectivity index (χ1v) is 11.4. The highest BCUT2D eigenvalue weighted by atomic mass is 16.5. The molecule has 1 saturated heterocycles. The summed E-state index contributed by atoms with van der Waals surface area (Å²) in [6.45, 7) is 7.76. The van der Waals surface area contributed by atoms with E-state index in [1.54, 1.807) is 7.05 Å². The van der Waals surface area contributed by atoms with E-state index in [0.29, 0.717) is 25.6 Å². The molecule has 2 N–H and O–H groups in total. The molecule has 1 unspecified atom stereocenters. The fourth-order valence-corrected chi connectivity index (χ4v) is 4.00. The summed E-state index contributed by atoms with van der Waals surface area (Å²) >= 11 is 0. The van der Waals surface area contributed by atoms with Crippen LogP contribution in [0.3, 0.4) is 0 Å². The van der Waals surface area contributed by atoms with E-state index < -0.39 is 0 Å². The Balaban J connectivity index is 1.31. The fourth-order valence-electron chi connectivity index (χ4n) is 4.00. The van der Waals surface area contributed by atoms with Crippen molar-refractivity contribution in [1.82, 2.24) is 10.6 Å². The first-order valence-electron chi connectivity index (χ1n) is 11.4. The number of hydrogen-bond donors (Lipinski definition) is 2. The molecule has 0 aliphatic carbocycles. The van der Waals surface area contributed by atoms with Gasteiger partial charge >= 0.3 is 0 Å². The molecule has 2 aliphatic rings. The van der Waals surface area contributed by atoms with Crippen molar-refractivity contribution < 1.29 is 9.47 Å². The van der Waals surface area contributed by atoms with Crippen molar-refractivity contribution in [2.75, 3.05) is 44.9 Å².